The first-order chi connectivity index (χ1) is 13.6. The van der Waals surface area contributed by atoms with Crippen molar-refractivity contribution in [1.29, 1.82) is 0 Å². The van der Waals surface area contributed by atoms with Crippen LogP contribution in [0.5, 0.6) is 5.75 Å². The lowest BCUT2D eigenvalue weighted by atomic mass is 10.1. The van der Waals surface area contributed by atoms with Crippen LogP contribution < -0.4 is 4.74 Å². The second kappa shape index (κ2) is 7.23. The molecule has 0 aliphatic heterocycles. The fraction of sp³-hybridized carbons (Fsp3) is 0.182. The van der Waals surface area contributed by atoms with Crippen molar-refractivity contribution >= 4 is 33.6 Å². The van der Waals surface area contributed by atoms with Crippen molar-refractivity contribution in [3.05, 3.63) is 65.5 Å². The smallest absolute Gasteiger partial charge is 0.310 e. The number of hydrogen-bond acceptors (Lipinski definition) is 5. The first-order valence-corrected chi connectivity index (χ1v) is 8.87. The van der Waals surface area contributed by atoms with E-state index in [0.717, 1.165) is 22.0 Å². The van der Waals surface area contributed by atoms with E-state index in [-0.39, 0.29) is 18.8 Å². The zero-order valence-electron chi connectivity index (χ0n) is 15.6. The molecule has 1 N–H and O–H groups in total. The molecule has 0 unspecified atom stereocenters. The van der Waals surface area contributed by atoms with Gasteiger partial charge in [-0.3, -0.25) is 9.59 Å². The number of ketones is 1. The number of carbonyl (C=O) groups excluding carboxylic acids is 2. The maximum absolute atomic E-state index is 12.6. The van der Waals surface area contributed by atoms with Crippen molar-refractivity contribution in [2.75, 3.05) is 13.7 Å². The second-order valence-corrected chi connectivity index (χ2v) is 6.55. The molecule has 2 aromatic heterocycles. The van der Waals surface area contributed by atoms with Crippen molar-refractivity contribution in [2.24, 2.45) is 0 Å². The number of H-pyrrole nitrogens is 1. The molecule has 6 heteroatoms. The number of methoxy groups -OCH3 is 1. The zero-order valence-corrected chi connectivity index (χ0v) is 15.6. The molecule has 4 aromatic rings. The molecule has 28 heavy (non-hydrogen) atoms. The summed E-state index contributed by atoms with van der Waals surface area (Å²) in [5.41, 5.74) is 3.54. The van der Waals surface area contributed by atoms with Gasteiger partial charge in [-0.1, -0.05) is 18.2 Å². The molecule has 0 saturated carbocycles. The molecule has 2 aromatic carbocycles. The lowest BCUT2D eigenvalue weighted by Gasteiger charge is -2.04. The third-order valence-corrected chi connectivity index (χ3v) is 4.73. The van der Waals surface area contributed by atoms with E-state index in [0.29, 0.717) is 22.5 Å². The Morgan fingerprint density at radius 1 is 1.11 bits per heavy atom. The highest BCUT2D eigenvalue weighted by Crippen LogP contribution is 2.26. The van der Waals surface area contributed by atoms with Gasteiger partial charge in [-0.05, 0) is 25.1 Å². The van der Waals surface area contributed by atoms with Crippen LogP contribution in [0.15, 0.2) is 53.1 Å². The highest BCUT2D eigenvalue weighted by atomic mass is 16.5. The summed E-state index contributed by atoms with van der Waals surface area (Å²) in [4.78, 5) is 28.0. The van der Waals surface area contributed by atoms with Gasteiger partial charge in [-0.2, -0.15) is 0 Å². The molecule has 0 spiro atoms. The van der Waals surface area contributed by atoms with E-state index in [1.165, 1.54) is 6.26 Å². The standard InChI is InChI=1S/C22H19NO5/c1-13-22(17-5-3-4-6-18(17)23-13)19(24)12-28-21(25)9-14-11-27-20-10-15(26-2)7-8-16(14)20/h3-8,10-11,23H,9,12H2,1-2H3. The van der Waals surface area contributed by atoms with Crippen LogP contribution in [0.3, 0.4) is 0 Å². The first kappa shape index (κ1) is 17.9. The highest BCUT2D eigenvalue weighted by molar-refractivity contribution is 6.10. The van der Waals surface area contributed by atoms with E-state index >= 15 is 0 Å². The Bertz CT molecular complexity index is 1180. The first-order valence-electron chi connectivity index (χ1n) is 8.87. The van der Waals surface area contributed by atoms with Crippen molar-refractivity contribution < 1.29 is 23.5 Å². The number of carbonyl (C=O) groups is 2. The van der Waals surface area contributed by atoms with E-state index in [4.69, 9.17) is 13.9 Å². The lowest BCUT2D eigenvalue weighted by molar-refractivity contribution is -0.141. The molecule has 0 bridgehead atoms. The van der Waals surface area contributed by atoms with Crippen molar-refractivity contribution in [3.63, 3.8) is 0 Å². The summed E-state index contributed by atoms with van der Waals surface area (Å²) in [7, 11) is 1.58. The average Bonchev–Trinajstić information content (AvgIpc) is 3.25. The molecule has 0 fully saturated rings. The number of benzene rings is 2. The Kier molecular flexibility index (Phi) is 4.61. The fourth-order valence-electron chi connectivity index (χ4n) is 3.39. The number of hydrogen-bond donors (Lipinski definition) is 1. The van der Waals surface area contributed by atoms with Gasteiger partial charge < -0.3 is 18.9 Å². The van der Waals surface area contributed by atoms with Crippen molar-refractivity contribution in [1.82, 2.24) is 4.98 Å². The number of aryl methyl sites for hydroxylation is 1. The Hall–Kier alpha value is -3.54. The van der Waals surface area contributed by atoms with Gasteiger partial charge in [-0.25, -0.2) is 0 Å². The van der Waals surface area contributed by atoms with Gasteiger partial charge in [0.25, 0.3) is 0 Å². The maximum atomic E-state index is 12.6. The maximum Gasteiger partial charge on any atom is 0.310 e. The van der Waals surface area contributed by atoms with E-state index in [1.807, 2.05) is 37.3 Å². The molecule has 2 heterocycles. The number of fused-ring (bicyclic) bond motifs is 2. The lowest BCUT2D eigenvalue weighted by Crippen LogP contribution is -2.16. The summed E-state index contributed by atoms with van der Waals surface area (Å²) in [5, 5.41) is 1.65. The van der Waals surface area contributed by atoms with Crippen molar-refractivity contribution in [3.8, 4) is 5.75 Å². The van der Waals surface area contributed by atoms with Gasteiger partial charge in [-0.15, -0.1) is 0 Å². The van der Waals surface area contributed by atoms with Crippen LogP contribution in [-0.2, 0) is 16.0 Å². The number of aromatic nitrogens is 1. The molecule has 0 radical (unpaired) electrons. The highest BCUT2D eigenvalue weighted by Gasteiger charge is 2.18. The van der Waals surface area contributed by atoms with Gasteiger partial charge in [0.05, 0.1) is 19.8 Å². The van der Waals surface area contributed by atoms with Gasteiger partial charge in [0.2, 0.25) is 5.78 Å². The molecule has 6 nitrogen and oxygen atoms in total. The van der Waals surface area contributed by atoms with Crippen LogP contribution in [0, 0.1) is 6.92 Å². The SMILES string of the molecule is COc1ccc2c(CC(=O)OCC(=O)c3c(C)[nH]c4ccccc34)coc2c1. The molecule has 142 valence electrons. The molecular weight excluding hydrogens is 358 g/mol. The molecule has 0 aliphatic rings. The Morgan fingerprint density at radius 2 is 1.93 bits per heavy atom. The molecule has 4 rings (SSSR count). The van der Waals surface area contributed by atoms with Gasteiger partial charge in [0, 0.05) is 39.2 Å². The number of aromatic amines is 1. The van der Waals surface area contributed by atoms with E-state index in [9.17, 15) is 9.59 Å². The molecular formula is C22H19NO5. The molecule has 0 amide bonds. The summed E-state index contributed by atoms with van der Waals surface area (Å²) in [6, 6.07) is 12.9. The second-order valence-electron chi connectivity index (χ2n) is 6.55. The summed E-state index contributed by atoms with van der Waals surface area (Å²) < 4.78 is 15.9. The Balaban J connectivity index is 1.44. The summed E-state index contributed by atoms with van der Waals surface area (Å²) in [6.45, 7) is 1.53. The van der Waals surface area contributed by atoms with Gasteiger partial charge in [0.1, 0.15) is 11.3 Å². The molecule has 0 atom stereocenters. The number of esters is 1. The van der Waals surface area contributed by atoms with E-state index in [1.54, 1.807) is 19.2 Å². The van der Waals surface area contributed by atoms with Crippen LogP contribution in [0.25, 0.3) is 21.9 Å². The minimum absolute atomic E-state index is 0.0273. The third-order valence-electron chi connectivity index (χ3n) is 4.73. The van der Waals surface area contributed by atoms with Crippen LogP contribution in [0.2, 0.25) is 0 Å². The van der Waals surface area contributed by atoms with Crippen LogP contribution in [-0.4, -0.2) is 30.5 Å². The predicted molar refractivity (Wildman–Crippen MR) is 105 cm³/mol. The minimum Gasteiger partial charge on any atom is -0.497 e. The normalized spacial score (nSPS) is 11.1. The number of rotatable bonds is 6. The Labute approximate surface area is 161 Å². The van der Waals surface area contributed by atoms with E-state index < -0.39 is 5.97 Å². The largest absolute Gasteiger partial charge is 0.497 e. The van der Waals surface area contributed by atoms with E-state index in [2.05, 4.69) is 4.98 Å². The van der Waals surface area contributed by atoms with Crippen LogP contribution in [0.1, 0.15) is 21.6 Å². The summed E-state index contributed by atoms with van der Waals surface area (Å²) in [5.74, 6) is -0.0369. The molecule has 0 saturated heterocycles. The van der Waals surface area contributed by atoms with Gasteiger partial charge in [0.15, 0.2) is 6.61 Å². The van der Waals surface area contributed by atoms with Gasteiger partial charge >= 0.3 is 5.97 Å². The minimum atomic E-state index is -0.482. The average molecular weight is 377 g/mol. The number of para-hydroxylation sites is 1. The predicted octanol–water partition coefficient (Wildman–Crippen LogP) is 4.20. The third kappa shape index (κ3) is 3.24. The number of furan rings is 1. The number of ether oxygens (including phenoxy) is 2. The van der Waals surface area contributed by atoms with Crippen molar-refractivity contribution in [2.45, 2.75) is 13.3 Å². The molecule has 0 aliphatic carbocycles. The number of nitrogens with one attached hydrogen (secondary N) is 1. The zero-order chi connectivity index (χ0) is 19.7. The fourth-order valence-corrected chi connectivity index (χ4v) is 3.39. The quantitative estimate of drug-likeness (QED) is 0.402. The van der Waals surface area contributed by atoms with Crippen LogP contribution in [0.4, 0.5) is 0 Å². The summed E-state index contributed by atoms with van der Waals surface area (Å²) in [6.07, 6.45) is 1.55. The Morgan fingerprint density at radius 3 is 2.75 bits per heavy atom. The summed E-state index contributed by atoms with van der Waals surface area (Å²) >= 11 is 0. The number of Topliss-reactive ketones (excluding diaryl/α,β-unsaturated/α-hetero) is 1. The monoisotopic (exact) mass is 377 g/mol. The topological polar surface area (TPSA) is 81.5 Å². The van der Waals surface area contributed by atoms with Crippen LogP contribution >= 0.6 is 0 Å².